The number of carbonyl (C=O) groups is 5. The topological polar surface area (TPSA) is 159 Å². The van der Waals surface area contributed by atoms with Crippen molar-refractivity contribution in [3.8, 4) is 22.5 Å². The summed E-state index contributed by atoms with van der Waals surface area (Å²) in [6.45, 7) is 6.12. The number of imide groups is 1. The molecule has 1 atom stereocenters. The third-order valence-corrected chi connectivity index (χ3v) is 10.5. The summed E-state index contributed by atoms with van der Waals surface area (Å²) >= 11 is 0. The van der Waals surface area contributed by atoms with E-state index in [0.29, 0.717) is 25.1 Å². The average molecular weight is 723 g/mol. The first-order valence-corrected chi connectivity index (χ1v) is 18.1. The first kappa shape index (κ1) is 34.6. The Bertz CT molecular complexity index is 2400. The van der Waals surface area contributed by atoms with Gasteiger partial charge in [0.05, 0.1) is 23.6 Å². The molecule has 6 heterocycles. The highest BCUT2D eigenvalue weighted by Gasteiger charge is 2.39. The van der Waals surface area contributed by atoms with Gasteiger partial charge in [0.1, 0.15) is 17.6 Å². The van der Waals surface area contributed by atoms with E-state index < -0.39 is 11.9 Å². The van der Waals surface area contributed by atoms with Crippen LogP contribution < -0.4 is 10.6 Å². The van der Waals surface area contributed by atoms with Crippen molar-refractivity contribution in [3.05, 3.63) is 107 Å². The molecule has 0 saturated carbocycles. The maximum Gasteiger partial charge on any atom is 0.270 e. The summed E-state index contributed by atoms with van der Waals surface area (Å²) in [7, 11) is 0. The van der Waals surface area contributed by atoms with Crippen molar-refractivity contribution in [2.45, 2.75) is 58.8 Å². The summed E-state index contributed by atoms with van der Waals surface area (Å²) in [5, 5.41) is 7.14. The molecule has 5 amide bonds. The number of hydrogen-bond donors (Lipinski definition) is 2. The Kier molecular flexibility index (Phi) is 9.06. The van der Waals surface area contributed by atoms with Gasteiger partial charge in [0.25, 0.3) is 11.8 Å². The van der Waals surface area contributed by atoms with E-state index in [4.69, 9.17) is 9.97 Å². The van der Waals surface area contributed by atoms with E-state index in [2.05, 4.69) is 27.1 Å². The zero-order chi connectivity index (χ0) is 37.5. The molecule has 1 saturated heterocycles. The summed E-state index contributed by atoms with van der Waals surface area (Å²) in [6.07, 6.45) is 8.42. The van der Waals surface area contributed by atoms with Gasteiger partial charge in [0.2, 0.25) is 17.7 Å². The Labute approximate surface area is 311 Å². The minimum Gasteiger partial charge on any atom is -0.347 e. The number of nitrogens with one attached hydrogen (secondary N) is 2. The van der Waals surface area contributed by atoms with Gasteiger partial charge in [-0.3, -0.25) is 39.3 Å². The van der Waals surface area contributed by atoms with Crippen LogP contribution in [0.25, 0.3) is 39.4 Å². The van der Waals surface area contributed by atoms with E-state index in [1.54, 1.807) is 37.4 Å². The summed E-state index contributed by atoms with van der Waals surface area (Å²) in [4.78, 5) is 79.9. The van der Waals surface area contributed by atoms with Gasteiger partial charge in [-0.2, -0.15) is 0 Å². The van der Waals surface area contributed by atoms with Gasteiger partial charge in [-0.15, -0.1) is 0 Å². The molecule has 272 valence electrons. The summed E-state index contributed by atoms with van der Waals surface area (Å²) in [5.74, 6) is -0.281. The highest BCUT2D eigenvalue weighted by atomic mass is 16.2. The van der Waals surface area contributed by atoms with Gasteiger partial charge in [-0.25, -0.2) is 4.98 Å². The molecular formula is C41H38N8O5. The zero-order valence-corrected chi connectivity index (χ0v) is 30.0. The van der Waals surface area contributed by atoms with Crippen LogP contribution in [0.15, 0.2) is 73.1 Å². The molecule has 0 radical (unpaired) electrons. The molecule has 3 aromatic heterocycles. The lowest BCUT2D eigenvalue weighted by Crippen LogP contribution is -2.52. The molecule has 2 aromatic carbocycles. The van der Waals surface area contributed by atoms with Crippen LogP contribution in [0, 0.1) is 0 Å². The number of rotatable bonds is 8. The van der Waals surface area contributed by atoms with Crippen molar-refractivity contribution in [1.29, 1.82) is 0 Å². The molecule has 1 unspecified atom stereocenters. The number of amides is 5. The maximum atomic E-state index is 13.1. The normalized spacial score (nSPS) is 16.9. The highest BCUT2D eigenvalue weighted by molar-refractivity contribution is 6.06. The summed E-state index contributed by atoms with van der Waals surface area (Å²) < 4.78 is 2.24. The smallest absolute Gasteiger partial charge is 0.270 e. The fourth-order valence-electron chi connectivity index (χ4n) is 7.61. The minimum atomic E-state index is -0.683. The third-order valence-electron chi connectivity index (χ3n) is 10.5. The minimum absolute atomic E-state index is 0.0536. The van der Waals surface area contributed by atoms with Crippen LogP contribution in [0.4, 0.5) is 0 Å². The molecule has 1 fully saturated rings. The van der Waals surface area contributed by atoms with Gasteiger partial charge >= 0.3 is 0 Å². The zero-order valence-electron chi connectivity index (χ0n) is 30.0. The van der Waals surface area contributed by atoms with Crippen molar-refractivity contribution in [2.24, 2.45) is 0 Å². The summed E-state index contributed by atoms with van der Waals surface area (Å²) in [5.41, 5.74) is 6.78. The predicted molar refractivity (Wildman–Crippen MR) is 201 cm³/mol. The van der Waals surface area contributed by atoms with E-state index >= 15 is 0 Å². The van der Waals surface area contributed by atoms with Crippen molar-refractivity contribution in [3.63, 3.8) is 0 Å². The van der Waals surface area contributed by atoms with Gasteiger partial charge in [0, 0.05) is 80.4 Å². The molecule has 13 nitrogen and oxygen atoms in total. The molecular weight excluding hydrogens is 685 g/mol. The van der Waals surface area contributed by atoms with Crippen LogP contribution in [0.3, 0.4) is 0 Å². The number of benzene rings is 2. The lowest BCUT2D eigenvalue weighted by atomic mass is 10.0. The first-order chi connectivity index (χ1) is 26.2. The summed E-state index contributed by atoms with van der Waals surface area (Å²) in [6, 6.07) is 16.3. The third kappa shape index (κ3) is 6.31. The Balaban J connectivity index is 0.933. The van der Waals surface area contributed by atoms with Crippen molar-refractivity contribution in [1.82, 2.24) is 40.0 Å². The predicted octanol–water partition coefficient (Wildman–Crippen LogP) is 4.29. The molecule has 8 rings (SSSR count). The average Bonchev–Trinajstić information content (AvgIpc) is 3.73. The number of hydrogen-bond acceptors (Lipinski definition) is 8. The van der Waals surface area contributed by atoms with Crippen LogP contribution >= 0.6 is 0 Å². The van der Waals surface area contributed by atoms with Crippen LogP contribution in [-0.2, 0) is 40.4 Å². The van der Waals surface area contributed by atoms with Crippen LogP contribution in [0.5, 0.6) is 0 Å². The van der Waals surface area contributed by atoms with Gasteiger partial charge in [-0.1, -0.05) is 49.4 Å². The van der Waals surface area contributed by atoms with Gasteiger partial charge in [-0.05, 0) is 47.2 Å². The monoisotopic (exact) mass is 722 g/mol. The molecule has 2 N–H and O–H groups in total. The number of imidazole rings is 1. The second-order valence-corrected chi connectivity index (χ2v) is 13.7. The van der Waals surface area contributed by atoms with E-state index in [-0.39, 0.29) is 48.8 Å². The highest BCUT2D eigenvalue weighted by Crippen LogP contribution is 2.35. The molecule has 0 aliphatic carbocycles. The number of piperidine rings is 1. The van der Waals surface area contributed by atoms with Crippen LogP contribution in [-0.4, -0.2) is 78.0 Å². The molecule has 3 aliphatic rings. The van der Waals surface area contributed by atoms with Crippen molar-refractivity contribution < 1.29 is 24.0 Å². The van der Waals surface area contributed by atoms with Gasteiger partial charge in [0.15, 0.2) is 0 Å². The standard InChI is InChI=1S/C41H38N8O5/c1-3-36-45-38(35-23-47(24(2)50)17-18-48(35)36)28-10-5-8-26-19-33(44-21-30(26)28)27-12-13-32(43-20-27)39(52)42-16-6-9-25-7-4-11-29-31(25)22-49(41(29)54)34-14-15-37(51)46-40(34)53/h4-13,19-21,34H,3,14-18,22-23H2,1-2H3,(H,42,52)(H,46,51,53)/b9-6+. The maximum absolute atomic E-state index is 13.1. The molecule has 0 bridgehead atoms. The lowest BCUT2D eigenvalue weighted by molar-refractivity contribution is -0.137. The molecule has 54 heavy (non-hydrogen) atoms. The lowest BCUT2D eigenvalue weighted by Gasteiger charge is -2.29. The SMILES string of the molecule is CCc1nc(-c2cccc3cc(-c4ccc(C(=O)NC/C=C/c5cccc6c5CN(C5CCC(=O)NC5=O)C6=O)nc4)ncc23)c2n1CCN(C(C)=O)C2. The van der Waals surface area contributed by atoms with E-state index in [9.17, 15) is 24.0 Å². The largest absolute Gasteiger partial charge is 0.347 e. The Hall–Kier alpha value is -6.50. The second-order valence-electron chi connectivity index (χ2n) is 13.7. The van der Waals surface area contributed by atoms with E-state index in [0.717, 1.165) is 68.9 Å². The number of aryl methyl sites for hydroxylation is 1. The van der Waals surface area contributed by atoms with E-state index in [1.807, 2.05) is 53.6 Å². The number of nitrogens with zero attached hydrogens (tertiary/aromatic N) is 6. The first-order valence-electron chi connectivity index (χ1n) is 18.1. The fourth-order valence-corrected chi connectivity index (χ4v) is 7.61. The van der Waals surface area contributed by atoms with Crippen molar-refractivity contribution >= 4 is 46.4 Å². The Morgan fingerprint density at radius 3 is 2.59 bits per heavy atom. The molecule has 5 aromatic rings. The number of aromatic nitrogens is 4. The molecule has 3 aliphatic heterocycles. The van der Waals surface area contributed by atoms with Crippen molar-refractivity contribution in [2.75, 3.05) is 13.1 Å². The number of pyridine rings is 2. The van der Waals surface area contributed by atoms with Crippen LogP contribution in [0.2, 0.25) is 0 Å². The van der Waals surface area contributed by atoms with Gasteiger partial charge < -0.3 is 19.7 Å². The number of carbonyl (C=O) groups excluding carboxylic acids is 5. The molecule has 0 spiro atoms. The number of fused-ring (bicyclic) bond motifs is 3. The Morgan fingerprint density at radius 2 is 1.81 bits per heavy atom. The Morgan fingerprint density at radius 1 is 0.981 bits per heavy atom. The quantitative estimate of drug-likeness (QED) is 0.225. The fraction of sp³-hybridized carbons (Fsp3) is 0.268. The molecule has 13 heteroatoms. The van der Waals surface area contributed by atoms with E-state index in [1.165, 1.54) is 4.90 Å². The van der Waals surface area contributed by atoms with Crippen LogP contribution in [0.1, 0.15) is 70.2 Å². The second kappa shape index (κ2) is 14.1.